The normalized spacial score (nSPS) is 19.4. The van der Waals surface area contributed by atoms with Crippen LogP contribution in [0.2, 0.25) is 0 Å². The van der Waals surface area contributed by atoms with Crippen molar-refractivity contribution in [3.63, 3.8) is 0 Å². The van der Waals surface area contributed by atoms with Crippen LogP contribution in [0.25, 0.3) is 0 Å². The summed E-state index contributed by atoms with van der Waals surface area (Å²) in [6.45, 7) is 4.08. The Morgan fingerprint density at radius 1 is 1.50 bits per heavy atom. The zero-order valence-electron chi connectivity index (χ0n) is 7.90. The summed E-state index contributed by atoms with van der Waals surface area (Å²) in [4.78, 5) is 11.5. The van der Waals surface area contributed by atoms with Crippen LogP contribution in [0.1, 0.15) is 28.4 Å². The van der Waals surface area contributed by atoms with E-state index < -0.39 is 0 Å². The van der Waals surface area contributed by atoms with Crippen molar-refractivity contribution in [2.24, 2.45) is 0 Å². The number of carbonyl (C=O) groups excluding carboxylic acids is 1. The number of rotatable bonds is 3. The van der Waals surface area contributed by atoms with Crippen LogP contribution < -0.4 is 0 Å². The summed E-state index contributed by atoms with van der Waals surface area (Å²) in [5, 5.41) is 0. The van der Waals surface area contributed by atoms with Crippen molar-refractivity contribution < 1.29 is 9.53 Å². The molecule has 14 heavy (non-hydrogen) atoms. The molecule has 2 nitrogen and oxygen atoms in total. The van der Waals surface area contributed by atoms with E-state index in [0.29, 0.717) is 13.0 Å². The quantitative estimate of drug-likeness (QED) is 0.681. The van der Waals surface area contributed by atoms with Crippen LogP contribution in [0, 0.1) is 0 Å². The molecule has 0 aromatic heterocycles. The molecule has 0 aliphatic heterocycles. The van der Waals surface area contributed by atoms with Crippen molar-refractivity contribution in [2.75, 3.05) is 6.61 Å². The molecule has 0 heterocycles. The predicted octanol–water partition coefficient (Wildman–Crippen LogP) is 2.52. The molecule has 1 unspecified atom stereocenters. The molecule has 0 saturated carbocycles. The topological polar surface area (TPSA) is 26.3 Å². The van der Waals surface area contributed by atoms with E-state index in [4.69, 9.17) is 4.74 Å². The Hall–Kier alpha value is -1.41. The highest BCUT2D eigenvalue weighted by atomic mass is 16.5. The number of hydrogen-bond donors (Lipinski definition) is 0. The fourth-order valence-corrected chi connectivity index (χ4v) is 1.75. The third-order valence-electron chi connectivity index (χ3n) is 2.39. The summed E-state index contributed by atoms with van der Waals surface area (Å²) in [6, 6.07) is 7.62. The van der Waals surface area contributed by atoms with Gasteiger partial charge in [0.2, 0.25) is 0 Å². The van der Waals surface area contributed by atoms with Gasteiger partial charge in [-0.3, -0.25) is 4.79 Å². The lowest BCUT2D eigenvalue weighted by Crippen LogP contribution is -2.00. The maximum absolute atomic E-state index is 11.5. The van der Waals surface area contributed by atoms with Gasteiger partial charge in [0, 0.05) is 12.0 Å². The molecule has 2 heteroatoms. The molecule has 2 rings (SSSR count). The Labute approximate surface area is 83.2 Å². The molecule has 0 N–H and O–H groups in total. The lowest BCUT2D eigenvalue weighted by molar-refractivity contribution is 0.0667. The molecule has 72 valence electrons. The van der Waals surface area contributed by atoms with Gasteiger partial charge in [-0.25, -0.2) is 0 Å². The zero-order chi connectivity index (χ0) is 9.97. The Balaban J connectivity index is 2.25. The Morgan fingerprint density at radius 2 is 2.29 bits per heavy atom. The Kier molecular flexibility index (Phi) is 2.46. The molecule has 0 fully saturated rings. The van der Waals surface area contributed by atoms with Crippen LogP contribution in [-0.2, 0) is 4.74 Å². The molecule has 0 amide bonds. The smallest absolute Gasteiger partial charge is 0.166 e. The van der Waals surface area contributed by atoms with E-state index in [0.717, 1.165) is 11.1 Å². The van der Waals surface area contributed by atoms with E-state index in [-0.39, 0.29) is 11.9 Å². The average Bonchev–Trinajstić information content (AvgIpc) is 2.54. The molecule has 0 spiro atoms. The van der Waals surface area contributed by atoms with Crippen molar-refractivity contribution >= 4 is 5.78 Å². The van der Waals surface area contributed by atoms with Gasteiger partial charge in [0.15, 0.2) is 5.78 Å². The van der Waals surface area contributed by atoms with E-state index in [9.17, 15) is 4.79 Å². The Bertz CT molecular complexity index is 368. The van der Waals surface area contributed by atoms with Crippen molar-refractivity contribution in [3.8, 4) is 0 Å². The summed E-state index contributed by atoms with van der Waals surface area (Å²) in [7, 11) is 0. The van der Waals surface area contributed by atoms with Crippen LogP contribution >= 0.6 is 0 Å². The van der Waals surface area contributed by atoms with E-state index >= 15 is 0 Å². The van der Waals surface area contributed by atoms with Crippen molar-refractivity contribution in [1.29, 1.82) is 0 Å². The standard InChI is InChI=1S/C12H12O2/c1-2-7-14-12-8-11(13)9-5-3-4-6-10(9)12/h2-6,12H,1,7-8H2. The van der Waals surface area contributed by atoms with Crippen molar-refractivity contribution in [1.82, 2.24) is 0 Å². The van der Waals surface area contributed by atoms with Gasteiger partial charge in [0.1, 0.15) is 0 Å². The van der Waals surface area contributed by atoms with Crippen LogP contribution in [0.5, 0.6) is 0 Å². The largest absolute Gasteiger partial charge is 0.369 e. The van der Waals surface area contributed by atoms with Gasteiger partial charge in [0.05, 0.1) is 12.7 Å². The Morgan fingerprint density at radius 3 is 3.07 bits per heavy atom. The third-order valence-corrected chi connectivity index (χ3v) is 2.39. The minimum absolute atomic E-state index is 0.0725. The fourth-order valence-electron chi connectivity index (χ4n) is 1.75. The first kappa shape index (κ1) is 9.16. The molecule has 1 aromatic carbocycles. The number of carbonyl (C=O) groups is 1. The van der Waals surface area contributed by atoms with Crippen LogP contribution in [-0.4, -0.2) is 12.4 Å². The number of benzene rings is 1. The van der Waals surface area contributed by atoms with Gasteiger partial charge in [-0.1, -0.05) is 30.3 Å². The molecule has 1 aliphatic rings. The lowest BCUT2D eigenvalue weighted by atomic mass is 10.1. The van der Waals surface area contributed by atoms with Crippen LogP contribution in [0.15, 0.2) is 36.9 Å². The number of ether oxygens (including phenoxy) is 1. The molecule has 1 aromatic rings. The van der Waals surface area contributed by atoms with E-state index in [2.05, 4.69) is 6.58 Å². The molecule has 0 saturated heterocycles. The number of ketones is 1. The first-order valence-corrected chi connectivity index (χ1v) is 4.67. The first-order chi connectivity index (χ1) is 6.83. The molecule has 0 bridgehead atoms. The van der Waals surface area contributed by atoms with Crippen molar-refractivity contribution in [3.05, 3.63) is 48.0 Å². The summed E-state index contributed by atoms with van der Waals surface area (Å²) in [5.41, 5.74) is 1.82. The highest BCUT2D eigenvalue weighted by Crippen LogP contribution is 2.33. The summed E-state index contributed by atoms with van der Waals surface area (Å²) in [5.74, 6) is 0.176. The van der Waals surface area contributed by atoms with Crippen molar-refractivity contribution in [2.45, 2.75) is 12.5 Å². The number of Topliss-reactive ketones (excluding diaryl/α,β-unsaturated/α-hetero) is 1. The third kappa shape index (κ3) is 1.49. The maximum atomic E-state index is 11.5. The van der Waals surface area contributed by atoms with E-state index in [1.165, 1.54) is 0 Å². The summed E-state index contributed by atoms with van der Waals surface area (Å²) < 4.78 is 5.51. The van der Waals surface area contributed by atoms with Gasteiger partial charge in [-0.2, -0.15) is 0 Å². The van der Waals surface area contributed by atoms with E-state index in [1.54, 1.807) is 6.08 Å². The van der Waals surface area contributed by atoms with Gasteiger partial charge in [-0.05, 0) is 5.56 Å². The SMILES string of the molecule is C=CCOC1CC(=O)c2ccccc21. The van der Waals surface area contributed by atoms with E-state index in [1.807, 2.05) is 24.3 Å². The zero-order valence-corrected chi connectivity index (χ0v) is 7.90. The average molecular weight is 188 g/mol. The summed E-state index contributed by atoms with van der Waals surface area (Å²) >= 11 is 0. The van der Waals surface area contributed by atoms with Crippen LogP contribution in [0.3, 0.4) is 0 Å². The molecule has 1 aliphatic carbocycles. The molecular weight excluding hydrogens is 176 g/mol. The second kappa shape index (κ2) is 3.76. The van der Waals surface area contributed by atoms with Gasteiger partial charge in [-0.15, -0.1) is 6.58 Å². The fraction of sp³-hybridized carbons (Fsp3) is 0.250. The number of hydrogen-bond acceptors (Lipinski definition) is 2. The summed E-state index contributed by atoms with van der Waals surface area (Å²) in [6.07, 6.45) is 2.09. The second-order valence-electron chi connectivity index (χ2n) is 3.33. The van der Waals surface area contributed by atoms with Crippen LogP contribution in [0.4, 0.5) is 0 Å². The molecule has 0 radical (unpaired) electrons. The van der Waals surface area contributed by atoms with Gasteiger partial charge >= 0.3 is 0 Å². The minimum atomic E-state index is -0.0725. The lowest BCUT2D eigenvalue weighted by Gasteiger charge is -2.09. The highest BCUT2D eigenvalue weighted by molar-refractivity contribution is 6.00. The minimum Gasteiger partial charge on any atom is -0.369 e. The second-order valence-corrected chi connectivity index (χ2v) is 3.33. The number of fused-ring (bicyclic) bond motifs is 1. The molecule has 1 atom stereocenters. The molecular formula is C12H12O2. The van der Waals surface area contributed by atoms with Gasteiger partial charge < -0.3 is 4.74 Å². The monoisotopic (exact) mass is 188 g/mol. The first-order valence-electron chi connectivity index (χ1n) is 4.67. The maximum Gasteiger partial charge on any atom is 0.166 e. The van der Waals surface area contributed by atoms with Gasteiger partial charge in [0.25, 0.3) is 0 Å². The highest BCUT2D eigenvalue weighted by Gasteiger charge is 2.28. The predicted molar refractivity (Wildman–Crippen MR) is 54.3 cm³/mol.